The highest BCUT2D eigenvalue weighted by Gasteiger charge is 1.99. The highest BCUT2D eigenvalue weighted by molar-refractivity contribution is 5.25. The van der Waals surface area contributed by atoms with Crippen molar-refractivity contribution in [1.29, 1.82) is 0 Å². The summed E-state index contributed by atoms with van der Waals surface area (Å²) >= 11 is 0. The van der Waals surface area contributed by atoms with Crippen LogP contribution in [0.15, 0.2) is 36.0 Å². The Balaban J connectivity index is 0.000001000. The minimum absolute atomic E-state index is 0. The van der Waals surface area contributed by atoms with E-state index in [4.69, 9.17) is 5.73 Å². The molecule has 2 N–H and O–H groups in total. The molecule has 0 bridgehead atoms. The number of hydrogen-bond acceptors (Lipinski definition) is 1. The molecule has 1 atom stereocenters. The summed E-state index contributed by atoms with van der Waals surface area (Å²) in [5.41, 5.74) is 7.00. The lowest BCUT2D eigenvalue weighted by atomic mass is 10.1. The first-order chi connectivity index (χ1) is 4.80. The van der Waals surface area contributed by atoms with E-state index in [0.29, 0.717) is 0 Å². The molecule has 56 valence electrons. The van der Waals surface area contributed by atoms with Crippen LogP contribution < -0.4 is 5.73 Å². The monoisotopic (exact) mass is 137 g/mol. The van der Waals surface area contributed by atoms with Gasteiger partial charge in [0.25, 0.3) is 0 Å². The predicted molar refractivity (Wildman–Crippen MR) is 46.7 cm³/mol. The van der Waals surface area contributed by atoms with Gasteiger partial charge >= 0.3 is 0 Å². The highest BCUT2D eigenvalue weighted by Crippen LogP contribution is 2.09. The van der Waals surface area contributed by atoms with Gasteiger partial charge < -0.3 is 5.73 Å². The Morgan fingerprint density at radius 1 is 1.50 bits per heavy atom. The maximum Gasteiger partial charge on any atom is 0.0231 e. The van der Waals surface area contributed by atoms with E-state index in [-0.39, 0.29) is 7.47 Å². The van der Waals surface area contributed by atoms with Gasteiger partial charge in [-0.05, 0) is 13.3 Å². The van der Waals surface area contributed by atoms with Gasteiger partial charge in [0.1, 0.15) is 0 Å². The Bertz CT molecular complexity index is 190. The molecule has 0 aromatic heterocycles. The lowest BCUT2D eigenvalue weighted by molar-refractivity contribution is 0.835. The van der Waals surface area contributed by atoms with E-state index in [1.165, 1.54) is 5.57 Å². The highest BCUT2D eigenvalue weighted by atomic mass is 14.6. The molecule has 0 aromatic rings. The van der Waals surface area contributed by atoms with Gasteiger partial charge in [0.2, 0.25) is 0 Å². The second-order valence-electron chi connectivity index (χ2n) is 2.55. The van der Waals surface area contributed by atoms with Crippen molar-refractivity contribution in [2.45, 2.75) is 19.4 Å². The second-order valence-corrected chi connectivity index (χ2v) is 2.55. The van der Waals surface area contributed by atoms with Crippen LogP contribution in [0, 0.1) is 0 Å². The third kappa shape index (κ3) is 1.85. The minimum Gasteiger partial charge on any atom is -0.324 e. The van der Waals surface area contributed by atoms with E-state index in [1.807, 2.05) is 25.2 Å². The molecule has 0 spiro atoms. The molecule has 0 aliphatic heterocycles. The SMILES string of the molecule is CC(N)C1=CC=CC=CC1.[HH]. The number of rotatable bonds is 1. The summed E-state index contributed by atoms with van der Waals surface area (Å²) in [6, 6.07) is 0.187. The molecular weight excluding hydrogens is 122 g/mol. The van der Waals surface area contributed by atoms with Crippen LogP contribution in [0.3, 0.4) is 0 Å². The first-order valence-electron chi connectivity index (χ1n) is 3.58. The largest absolute Gasteiger partial charge is 0.324 e. The van der Waals surface area contributed by atoms with Gasteiger partial charge in [-0.2, -0.15) is 0 Å². The lowest BCUT2D eigenvalue weighted by Crippen LogP contribution is -2.17. The van der Waals surface area contributed by atoms with E-state index in [1.54, 1.807) is 0 Å². The predicted octanol–water partition coefficient (Wildman–Crippen LogP) is 2.02. The summed E-state index contributed by atoms with van der Waals surface area (Å²) < 4.78 is 0. The summed E-state index contributed by atoms with van der Waals surface area (Å²) in [6.07, 6.45) is 11.3. The first-order valence-corrected chi connectivity index (χ1v) is 3.58. The zero-order valence-corrected chi connectivity index (χ0v) is 6.25. The van der Waals surface area contributed by atoms with Gasteiger partial charge in [-0.15, -0.1) is 0 Å². The molecule has 1 aliphatic carbocycles. The van der Waals surface area contributed by atoms with Crippen LogP contribution in [0.2, 0.25) is 0 Å². The van der Waals surface area contributed by atoms with Gasteiger partial charge in [-0.1, -0.05) is 36.0 Å². The van der Waals surface area contributed by atoms with E-state index in [9.17, 15) is 0 Å². The molecule has 1 rings (SSSR count). The Labute approximate surface area is 63.4 Å². The van der Waals surface area contributed by atoms with Gasteiger partial charge in [0, 0.05) is 7.47 Å². The topological polar surface area (TPSA) is 26.0 Å². The first kappa shape index (κ1) is 7.29. The van der Waals surface area contributed by atoms with Crippen molar-refractivity contribution in [3.8, 4) is 0 Å². The van der Waals surface area contributed by atoms with E-state index >= 15 is 0 Å². The molecular formula is C9H15N. The average Bonchev–Trinajstić information content (AvgIpc) is 2.12. The van der Waals surface area contributed by atoms with Crippen molar-refractivity contribution >= 4 is 0 Å². The van der Waals surface area contributed by atoms with Crippen LogP contribution in [0.1, 0.15) is 14.8 Å². The van der Waals surface area contributed by atoms with Crippen LogP contribution in [0.5, 0.6) is 0 Å². The van der Waals surface area contributed by atoms with E-state index in [0.717, 1.165) is 6.42 Å². The van der Waals surface area contributed by atoms with Crippen LogP contribution >= 0.6 is 0 Å². The fraction of sp³-hybridized carbons (Fsp3) is 0.333. The Morgan fingerprint density at radius 3 is 3.00 bits per heavy atom. The van der Waals surface area contributed by atoms with E-state index in [2.05, 4.69) is 12.2 Å². The molecule has 0 amide bonds. The molecule has 10 heavy (non-hydrogen) atoms. The smallest absolute Gasteiger partial charge is 0.0231 e. The molecule has 0 saturated heterocycles. The molecule has 1 nitrogen and oxygen atoms in total. The fourth-order valence-electron chi connectivity index (χ4n) is 0.932. The maximum atomic E-state index is 5.70. The Hall–Kier alpha value is -0.820. The van der Waals surface area contributed by atoms with Crippen molar-refractivity contribution in [1.82, 2.24) is 0 Å². The van der Waals surface area contributed by atoms with Crippen LogP contribution in [-0.4, -0.2) is 6.04 Å². The molecule has 1 aliphatic rings. The van der Waals surface area contributed by atoms with Crippen molar-refractivity contribution in [2.75, 3.05) is 0 Å². The number of allylic oxidation sites excluding steroid dienone is 5. The molecule has 0 radical (unpaired) electrons. The lowest BCUT2D eigenvalue weighted by Gasteiger charge is -2.06. The van der Waals surface area contributed by atoms with Gasteiger partial charge in [-0.3, -0.25) is 0 Å². The van der Waals surface area contributed by atoms with Crippen LogP contribution in [-0.2, 0) is 0 Å². The van der Waals surface area contributed by atoms with Gasteiger partial charge in [-0.25, -0.2) is 0 Å². The summed E-state index contributed by atoms with van der Waals surface area (Å²) in [4.78, 5) is 0. The number of nitrogens with two attached hydrogens (primary N) is 1. The zero-order valence-electron chi connectivity index (χ0n) is 6.25. The Kier molecular flexibility index (Phi) is 2.46. The zero-order chi connectivity index (χ0) is 7.40. The minimum atomic E-state index is 0. The van der Waals surface area contributed by atoms with Crippen molar-refractivity contribution < 1.29 is 1.43 Å². The number of hydrogen-bond donors (Lipinski definition) is 1. The summed E-state index contributed by atoms with van der Waals surface area (Å²) in [7, 11) is 0. The quantitative estimate of drug-likeness (QED) is 0.588. The fourth-order valence-corrected chi connectivity index (χ4v) is 0.932. The second kappa shape index (κ2) is 3.37. The van der Waals surface area contributed by atoms with Crippen LogP contribution in [0.4, 0.5) is 0 Å². The molecule has 1 unspecified atom stereocenters. The summed E-state index contributed by atoms with van der Waals surface area (Å²) in [5, 5.41) is 0. The third-order valence-electron chi connectivity index (χ3n) is 1.61. The van der Waals surface area contributed by atoms with Crippen molar-refractivity contribution in [3.63, 3.8) is 0 Å². The Morgan fingerprint density at radius 2 is 2.30 bits per heavy atom. The maximum absolute atomic E-state index is 5.70. The standard InChI is InChI=1S/C9H13N.H2/c1-8(10)9-6-4-2-3-5-7-9;/h2-6,8H,7,10H2,1H3;1H. The molecule has 0 fully saturated rings. The molecule has 0 aromatic carbocycles. The van der Waals surface area contributed by atoms with E-state index < -0.39 is 0 Å². The van der Waals surface area contributed by atoms with Gasteiger partial charge in [0.05, 0.1) is 0 Å². The molecule has 0 heterocycles. The van der Waals surface area contributed by atoms with Crippen molar-refractivity contribution in [2.24, 2.45) is 5.73 Å². The normalized spacial score (nSPS) is 20.0. The van der Waals surface area contributed by atoms with Gasteiger partial charge in [0.15, 0.2) is 0 Å². The summed E-state index contributed by atoms with van der Waals surface area (Å²) in [6.45, 7) is 2.01. The van der Waals surface area contributed by atoms with Crippen molar-refractivity contribution in [3.05, 3.63) is 36.0 Å². The summed E-state index contributed by atoms with van der Waals surface area (Å²) in [5.74, 6) is 0. The van der Waals surface area contributed by atoms with Crippen LogP contribution in [0.25, 0.3) is 0 Å². The average molecular weight is 137 g/mol. The molecule has 1 heteroatoms. The third-order valence-corrected chi connectivity index (χ3v) is 1.61. The molecule has 0 saturated carbocycles.